The first-order valence-electron chi connectivity index (χ1n) is 7.42. The first-order valence-corrected chi connectivity index (χ1v) is 8.90. The second-order valence-electron chi connectivity index (χ2n) is 5.52. The summed E-state index contributed by atoms with van der Waals surface area (Å²) in [5, 5.41) is 0. The number of hydrogen-bond acceptors (Lipinski definition) is 3. The van der Waals surface area contributed by atoms with Crippen molar-refractivity contribution in [3.63, 3.8) is 0 Å². The molecule has 0 saturated carbocycles. The number of anilines is 1. The SMILES string of the molecule is CC(=O)N1CCc2ccc(S(=O)(=O)NCc3ccccc3)cc21. The van der Waals surface area contributed by atoms with E-state index < -0.39 is 10.0 Å². The zero-order valence-corrected chi connectivity index (χ0v) is 13.6. The highest BCUT2D eigenvalue weighted by molar-refractivity contribution is 7.89. The number of carbonyl (C=O) groups is 1. The van der Waals surface area contributed by atoms with E-state index in [0.29, 0.717) is 12.2 Å². The zero-order chi connectivity index (χ0) is 16.4. The average Bonchev–Trinajstić information content (AvgIpc) is 2.97. The molecule has 0 fully saturated rings. The molecule has 1 heterocycles. The average molecular weight is 330 g/mol. The van der Waals surface area contributed by atoms with Crippen LogP contribution in [0.5, 0.6) is 0 Å². The molecule has 0 aliphatic carbocycles. The predicted octanol–water partition coefficient (Wildman–Crippen LogP) is 2.07. The van der Waals surface area contributed by atoms with Crippen molar-refractivity contribution in [1.29, 1.82) is 0 Å². The molecular formula is C17H18N2O3S. The van der Waals surface area contributed by atoms with Gasteiger partial charge in [-0.1, -0.05) is 36.4 Å². The van der Waals surface area contributed by atoms with Gasteiger partial charge in [0.15, 0.2) is 0 Å². The molecule has 0 spiro atoms. The Bertz CT molecular complexity index is 832. The van der Waals surface area contributed by atoms with Crippen LogP contribution in [0.4, 0.5) is 5.69 Å². The summed E-state index contributed by atoms with van der Waals surface area (Å²) in [7, 11) is -3.62. The number of carbonyl (C=O) groups excluding carboxylic acids is 1. The molecule has 120 valence electrons. The number of sulfonamides is 1. The molecule has 23 heavy (non-hydrogen) atoms. The third kappa shape index (κ3) is 3.28. The summed E-state index contributed by atoms with van der Waals surface area (Å²) in [6.45, 7) is 2.33. The van der Waals surface area contributed by atoms with Crippen LogP contribution in [0, 0.1) is 0 Å². The maximum absolute atomic E-state index is 12.5. The fraction of sp³-hybridized carbons (Fsp3) is 0.235. The number of rotatable bonds is 4. The van der Waals surface area contributed by atoms with Gasteiger partial charge in [-0.3, -0.25) is 4.79 Å². The van der Waals surface area contributed by atoms with Gasteiger partial charge in [-0.2, -0.15) is 0 Å². The van der Waals surface area contributed by atoms with Crippen molar-refractivity contribution in [2.75, 3.05) is 11.4 Å². The largest absolute Gasteiger partial charge is 0.312 e. The summed E-state index contributed by atoms with van der Waals surface area (Å²) in [5.74, 6) is -0.0736. The summed E-state index contributed by atoms with van der Waals surface area (Å²) in [5.41, 5.74) is 2.59. The van der Waals surface area contributed by atoms with Crippen molar-refractivity contribution >= 4 is 21.6 Å². The van der Waals surface area contributed by atoms with Crippen molar-refractivity contribution in [3.8, 4) is 0 Å². The number of hydrogen-bond donors (Lipinski definition) is 1. The van der Waals surface area contributed by atoms with Crippen LogP contribution in [0.25, 0.3) is 0 Å². The summed E-state index contributed by atoms with van der Waals surface area (Å²) in [6.07, 6.45) is 0.757. The molecule has 0 saturated heterocycles. The minimum Gasteiger partial charge on any atom is -0.312 e. The summed E-state index contributed by atoms with van der Waals surface area (Å²) >= 11 is 0. The van der Waals surface area contributed by atoms with Crippen molar-refractivity contribution in [2.24, 2.45) is 0 Å². The molecular weight excluding hydrogens is 312 g/mol. The van der Waals surface area contributed by atoms with Crippen LogP contribution in [0.15, 0.2) is 53.4 Å². The molecule has 0 atom stereocenters. The van der Waals surface area contributed by atoms with E-state index in [0.717, 1.165) is 17.5 Å². The van der Waals surface area contributed by atoms with Gasteiger partial charge in [0.1, 0.15) is 0 Å². The van der Waals surface area contributed by atoms with E-state index in [-0.39, 0.29) is 17.3 Å². The van der Waals surface area contributed by atoms with E-state index in [4.69, 9.17) is 0 Å². The first kappa shape index (κ1) is 15.7. The van der Waals surface area contributed by atoms with E-state index >= 15 is 0 Å². The topological polar surface area (TPSA) is 66.5 Å². The number of amides is 1. The Kier molecular flexibility index (Phi) is 4.19. The quantitative estimate of drug-likeness (QED) is 0.933. The lowest BCUT2D eigenvalue weighted by Crippen LogP contribution is -2.26. The van der Waals surface area contributed by atoms with Crippen LogP contribution in [0.3, 0.4) is 0 Å². The third-order valence-electron chi connectivity index (χ3n) is 3.95. The molecule has 3 rings (SSSR count). The van der Waals surface area contributed by atoms with E-state index in [2.05, 4.69) is 4.72 Å². The van der Waals surface area contributed by atoms with Crippen LogP contribution < -0.4 is 9.62 Å². The monoisotopic (exact) mass is 330 g/mol. The van der Waals surface area contributed by atoms with Crippen LogP contribution >= 0.6 is 0 Å². The molecule has 0 radical (unpaired) electrons. The lowest BCUT2D eigenvalue weighted by Gasteiger charge is -2.16. The maximum Gasteiger partial charge on any atom is 0.240 e. The van der Waals surface area contributed by atoms with E-state index in [1.54, 1.807) is 23.1 Å². The first-order chi connectivity index (χ1) is 11.0. The van der Waals surface area contributed by atoms with Crippen LogP contribution in [-0.2, 0) is 27.8 Å². The Morgan fingerprint density at radius 2 is 1.91 bits per heavy atom. The molecule has 6 heteroatoms. The van der Waals surface area contributed by atoms with E-state index in [1.807, 2.05) is 30.3 Å². The Hall–Kier alpha value is -2.18. The molecule has 1 aliphatic rings. The number of nitrogens with one attached hydrogen (secondary N) is 1. The van der Waals surface area contributed by atoms with Crippen LogP contribution in [0.1, 0.15) is 18.1 Å². The number of benzene rings is 2. The molecule has 2 aromatic rings. The minimum atomic E-state index is -3.62. The van der Waals surface area contributed by atoms with Gasteiger partial charge >= 0.3 is 0 Å². The Morgan fingerprint density at radius 3 is 2.61 bits per heavy atom. The second kappa shape index (κ2) is 6.14. The minimum absolute atomic E-state index is 0.0736. The Morgan fingerprint density at radius 1 is 1.17 bits per heavy atom. The molecule has 0 unspecified atom stereocenters. The van der Waals surface area contributed by atoms with Crippen molar-refractivity contribution in [2.45, 2.75) is 24.8 Å². The van der Waals surface area contributed by atoms with Crippen molar-refractivity contribution in [3.05, 3.63) is 59.7 Å². The second-order valence-corrected chi connectivity index (χ2v) is 7.29. The van der Waals surface area contributed by atoms with Gasteiger partial charge in [0.25, 0.3) is 0 Å². The number of fused-ring (bicyclic) bond motifs is 1. The number of nitrogens with zero attached hydrogens (tertiary/aromatic N) is 1. The zero-order valence-electron chi connectivity index (χ0n) is 12.8. The highest BCUT2D eigenvalue weighted by Gasteiger charge is 2.24. The molecule has 0 aromatic heterocycles. The molecule has 0 bridgehead atoms. The highest BCUT2D eigenvalue weighted by Crippen LogP contribution is 2.30. The van der Waals surface area contributed by atoms with Crippen LogP contribution in [-0.4, -0.2) is 20.9 Å². The van der Waals surface area contributed by atoms with Gasteiger partial charge in [-0.25, -0.2) is 13.1 Å². The summed E-state index contributed by atoms with van der Waals surface area (Å²) in [4.78, 5) is 13.4. The maximum atomic E-state index is 12.5. The van der Waals surface area contributed by atoms with Crippen molar-refractivity contribution < 1.29 is 13.2 Å². The summed E-state index contributed by atoms with van der Waals surface area (Å²) in [6, 6.07) is 14.3. The van der Waals surface area contributed by atoms with E-state index in [1.165, 1.54) is 6.92 Å². The predicted molar refractivity (Wildman–Crippen MR) is 88.6 cm³/mol. The lowest BCUT2D eigenvalue weighted by atomic mass is 10.2. The van der Waals surface area contributed by atoms with Gasteiger partial charge in [-0.15, -0.1) is 0 Å². The van der Waals surface area contributed by atoms with Gasteiger partial charge < -0.3 is 4.90 Å². The fourth-order valence-corrected chi connectivity index (χ4v) is 3.75. The van der Waals surface area contributed by atoms with Gasteiger partial charge in [0.05, 0.1) is 4.90 Å². The van der Waals surface area contributed by atoms with Crippen LogP contribution in [0.2, 0.25) is 0 Å². The van der Waals surface area contributed by atoms with Crippen molar-refractivity contribution in [1.82, 2.24) is 4.72 Å². The fourth-order valence-electron chi connectivity index (χ4n) is 2.71. The standard InChI is InChI=1S/C17H18N2O3S/c1-13(20)19-10-9-15-7-8-16(11-17(15)19)23(21,22)18-12-14-5-3-2-4-6-14/h2-8,11,18H,9-10,12H2,1H3. The third-order valence-corrected chi connectivity index (χ3v) is 5.35. The van der Waals surface area contributed by atoms with Gasteiger partial charge in [-0.05, 0) is 29.7 Å². The molecule has 1 N–H and O–H groups in total. The highest BCUT2D eigenvalue weighted by atomic mass is 32.2. The van der Waals surface area contributed by atoms with Gasteiger partial charge in [0.2, 0.25) is 15.9 Å². The molecule has 2 aromatic carbocycles. The summed E-state index contributed by atoms with van der Waals surface area (Å²) < 4.78 is 27.5. The Labute approximate surface area is 136 Å². The normalized spacial score (nSPS) is 13.9. The lowest BCUT2D eigenvalue weighted by molar-refractivity contribution is -0.116. The molecule has 1 aliphatic heterocycles. The Balaban J connectivity index is 1.83. The molecule has 5 nitrogen and oxygen atoms in total. The van der Waals surface area contributed by atoms with E-state index in [9.17, 15) is 13.2 Å². The molecule has 1 amide bonds. The smallest absolute Gasteiger partial charge is 0.240 e. The van der Waals surface area contributed by atoms with Gasteiger partial charge in [0, 0.05) is 25.7 Å².